The minimum Gasteiger partial charge on any atom is -0.358 e. The van der Waals surface area contributed by atoms with E-state index < -0.39 is 4.92 Å². The predicted molar refractivity (Wildman–Crippen MR) is 73.4 cm³/mol. The molecule has 1 amide bonds. The third-order valence-electron chi connectivity index (χ3n) is 2.88. The monoisotopic (exact) mass is 274 g/mol. The van der Waals surface area contributed by atoms with Crippen LogP contribution in [0.5, 0.6) is 0 Å². The Morgan fingerprint density at radius 3 is 2.70 bits per heavy atom. The van der Waals surface area contributed by atoms with Crippen molar-refractivity contribution in [3.8, 4) is 0 Å². The van der Waals surface area contributed by atoms with Gasteiger partial charge in [-0.3, -0.25) is 9.36 Å². The summed E-state index contributed by atoms with van der Waals surface area (Å²) in [5.74, 6) is -0.0856. The molecule has 7 nitrogen and oxygen atoms in total. The van der Waals surface area contributed by atoms with Gasteiger partial charge in [0.1, 0.15) is 12.7 Å². The van der Waals surface area contributed by atoms with Gasteiger partial charge in [-0.25, -0.2) is 0 Å². The first kappa shape index (κ1) is 13.7. The van der Waals surface area contributed by atoms with Crippen LogP contribution in [0.2, 0.25) is 0 Å². The molecule has 2 aromatic rings. The average molecular weight is 274 g/mol. The minimum atomic E-state index is -0.581. The van der Waals surface area contributed by atoms with Crippen molar-refractivity contribution in [3.05, 3.63) is 52.0 Å². The third kappa shape index (κ3) is 3.00. The lowest BCUT2D eigenvalue weighted by atomic mass is 10.2. The Bertz CT molecular complexity index is 663. The number of aromatic nitrogens is 2. The lowest BCUT2D eigenvalue weighted by Crippen LogP contribution is -2.19. The van der Waals surface area contributed by atoms with Gasteiger partial charge in [-0.15, -0.1) is 0 Å². The second kappa shape index (κ2) is 5.52. The summed E-state index contributed by atoms with van der Waals surface area (Å²) in [5, 5.41) is 13.4. The van der Waals surface area contributed by atoms with Gasteiger partial charge < -0.3 is 15.4 Å². The Balaban J connectivity index is 2.09. The van der Waals surface area contributed by atoms with Crippen molar-refractivity contribution in [2.24, 2.45) is 0 Å². The molecular weight excluding hydrogens is 260 g/mol. The van der Waals surface area contributed by atoms with Crippen molar-refractivity contribution in [3.63, 3.8) is 0 Å². The van der Waals surface area contributed by atoms with Crippen LogP contribution in [-0.2, 0) is 11.3 Å². The van der Waals surface area contributed by atoms with Crippen LogP contribution in [0.15, 0.2) is 30.5 Å². The summed E-state index contributed by atoms with van der Waals surface area (Å²) in [6.07, 6.45) is 1.26. The molecule has 0 saturated heterocycles. The molecule has 0 aliphatic carbocycles. The summed E-state index contributed by atoms with van der Waals surface area (Å²) in [7, 11) is 0. The molecule has 0 fully saturated rings. The lowest BCUT2D eigenvalue weighted by molar-refractivity contribution is -0.389. The summed E-state index contributed by atoms with van der Waals surface area (Å²) < 4.78 is 1.45. The normalized spacial score (nSPS) is 10.3. The fourth-order valence-corrected chi connectivity index (χ4v) is 1.80. The topological polar surface area (TPSA) is 90.1 Å². The first-order valence-corrected chi connectivity index (χ1v) is 6.01. The maximum atomic E-state index is 11.9. The molecule has 0 atom stereocenters. The van der Waals surface area contributed by atoms with E-state index in [1.54, 1.807) is 13.0 Å². The Morgan fingerprint density at radius 2 is 2.10 bits per heavy atom. The molecule has 7 heteroatoms. The smallest absolute Gasteiger partial charge is 0.358 e. The highest BCUT2D eigenvalue weighted by Gasteiger charge is 2.17. The molecule has 0 spiro atoms. The zero-order valence-electron chi connectivity index (χ0n) is 11.2. The molecule has 104 valence electrons. The zero-order chi connectivity index (χ0) is 14.7. The van der Waals surface area contributed by atoms with Gasteiger partial charge >= 0.3 is 5.82 Å². The maximum Gasteiger partial charge on any atom is 0.381 e. The fraction of sp³-hybridized carbons (Fsp3) is 0.231. The van der Waals surface area contributed by atoms with E-state index in [4.69, 9.17) is 0 Å². The molecule has 1 aromatic heterocycles. The van der Waals surface area contributed by atoms with Crippen LogP contribution in [0, 0.1) is 24.0 Å². The number of aryl methyl sites for hydroxylation is 2. The number of anilines is 1. The van der Waals surface area contributed by atoms with Gasteiger partial charge in [-0.05, 0) is 28.5 Å². The van der Waals surface area contributed by atoms with Crippen molar-refractivity contribution >= 4 is 17.4 Å². The van der Waals surface area contributed by atoms with Crippen LogP contribution in [0.3, 0.4) is 0 Å². The number of nitrogens with zero attached hydrogens (tertiary/aromatic N) is 3. The fourth-order valence-electron chi connectivity index (χ4n) is 1.80. The molecule has 0 bridgehead atoms. The van der Waals surface area contributed by atoms with E-state index in [-0.39, 0.29) is 18.3 Å². The van der Waals surface area contributed by atoms with E-state index in [2.05, 4.69) is 10.3 Å². The van der Waals surface area contributed by atoms with Crippen LogP contribution < -0.4 is 5.32 Å². The Labute approximate surface area is 115 Å². The maximum absolute atomic E-state index is 11.9. The van der Waals surface area contributed by atoms with Crippen molar-refractivity contribution < 1.29 is 9.72 Å². The third-order valence-corrected chi connectivity index (χ3v) is 2.88. The molecule has 0 saturated carbocycles. The van der Waals surface area contributed by atoms with Gasteiger partial charge in [0.05, 0.1) is 0 Å². The number of nitro groups is 1. The summed E-state index contributed by atoms with van der Waals surface area (Å²) in [6.45, 7) is 3.50. The largest absolute Gasteiger partial charge is 0.381 e. The molecule has 1 heterocycles. The first-order chi connectivity index (χ1) is 9.47. The minimum absolute atomic E-state index is 0.0129. The molecule has 1 N–H and O–H groups in total. The summed E-state index contributed by atoms with van der Waals surface area (Å²) in [5.41, 5.74) is 1.68. The number of hydrogen-bond donors (Lipinski definition) is 1. The number of para-hydroxylation sites is 1. The average Bonchev–Trinajstić information content (AvgIpc) is 2.74. The molecule has 0 aliphatic heterocycles. The summed E-state index contributed by atoms with van der Waals surface area (Å²) >= 11 is 0. The Hall–Kier alpha value is -2.70. The standard InChI is InChI=1S/C13H14N4O3/c1-9-5-3-4-6-11(9)15-13(18)8-16-7-12(17(19)20)14-10(16)2/h3-7H,8H2,1-2H3,(H,15,18). The van der Waals surface area contributed by atoms with Crippen molar-refractivity contribution in [1.29, 1.82) is 0 Å². The number of benzene rings is 1. The highest BCUT2D eigenvalue weighted by Crippen LogP contribution is 2.14. The number of carbonyl (C=O) groups is 1. The second-order valence-electron chi connectivity index (χ2n) is 4.39. The number of hydrogen-bond acceptors (Lipinski definition) is 4. The van der Waals surface area contributed by atoms with Crippen LogP contribution in [0.4, 0.5) is 11.5 Å². The van der Waals surface area contributed by atoms with Gasteiger partial charge in [0.25, 0.3) is 0 Å². The Morgan fingerprint density at radius 1 is 1.40 bits per heavy atom. The Kier molecular flexibility index (Phi) is 3.79. The zero-order valence-corrected chi connectivity index (χ0v) is 11.2. The molecule has 1 aromatic carbocycles. The quantitative estimate of drug-likeness (QED) is 0.682. The molecule has 0 unspecified atom stereocenters. The van der Waals surface area contributed by atoms with Crippen molar-refractivity contribution in [2.45, 2.75) is 20.4 Å². The van der Waals surface area contributed by atoms with Crippen LogP contribution >= 0.6 is 0 Å². The van der Waals surface area contributed by atoms with E-state index in [1.807, 2.05) is 25.1 Å². The molecule has 2 rings (SSSR count). The number of rotatable bonds is 4. The summed E-state index contributed by atoms with van der Waals surface area (Å²) in [6, 6.07) is 7.41. The number of carbonyl (C=O) groups excluding carboxylic acids is 1. The van der Waals surface area contributed by atoms with E-state index in [0.29, 0.717) is 5.82 Å². The van der Waals surface area contributed by atoms with Crippen LogP contribution in [0.1, 0.15) is 11.4 Å². The molecule has 20 heavy (non-hydrogen) atoms. The number of amides is 1. The molecule has 0 aliphatic rings. The summed E-state index contributed by atoms with van der Waals surface area (Å²) in [4.78, 5) is 25.7. The van der Waals surface area contributed by atoms with E-state index in [9.17, 15) is 14.9 Å². The van der Waals surface area contributed by atoms with E-state index in [0.717, 1.165) is 11.3 Å². The predicted octanol–water partition coefficient (Wildman–Crippen LogP) is 2.05. The molecular formula is C13H14N4O3. The van der Waals surface area contributed by atoms with Gasteiger partial charge in [0.2, 0.25) is 11.7 Å². The first-order valence-electron chi connectivity index (χ1n) is 6.01. The van der Waals surface area contributed by atoms with Gasteiger partial charge in [0.15, 0.2) is 0 Å². The van der Waals surface area contributed by atoms with Crippen LogP contribution in [-0.4, -0.2) is 20.4 Å². The number of imidazole rings is 1. The second-order valence-corrected chi connectivity index (χ2v) is 4.39. The van der Waals surface area contributed by atoms with E-state index >= 15 is 0 Å². The van der Waals surface area contributed by atoms with Crippen molar-refractivity contribution in [1.82, 2.24) is 9.55 Å². The lowest BCUT2D eigenvalue weighted by Gasteiger charge is -2.08. The number of nitrogens with one attached hydrogen (secondary N) is 1. The van der Waals surface area contributed by atoms with Crippen molar-refractivity contribution in [2.75, 3.05) is 5.32 Å². The SMILES string of the molecule is Cc1ccccc1NC(=O)Cn1cc([N+](=O)[O-])nc1C. The van der Waals surface area contributed by atoms with Gasteiger partial charge in [-0.2, -0.15) is 0 Å². The highest BCUT2D eigenvalue weighted by molar-refractivity contribution is 5.91. The molecule has 0 radical (unpaired) electrons. The van der Waals surface area contributed by atoms with Crippen LogP contribution in [0.25, 0.3) is 0 Å². The van der Waals surface area contributed by atoms with Gasteiger partial charge in [0, 0.05) is 12.6 Å². The van der Waals surface area contributed by atoms with Gasteiger partial charge in [-0.1, -0.05) is 18.2 Å². The highest BCUT2D eigenvalue weighted by atomic mass is 16.6. The van der Waals surface area contributed by atoms with E-state index in [1.165, 1.54) is 10.8 Å².